The van der Waals surface area contributed by atoms with Crippen LogP contribution in [0.4, 0.5) is 4.39 Å². The number of thiocarbonyl (C=S) groups is 1. The fourth-order valence-electron chi connectivity index (χ4n) is 2.10. The third-order valence-electron chi connectivity index (χ3n) is 3.01. The van der Waals surface area contributed by atoms with Crippen LogP contribution in [-0.2, 0) is 0 Å². The van der Waals surface area contributed by atoms with Crippen LogP contribution < -0.4 is 5.73 Å². The van der Waals surface area contributed by atoms with Gasteiger partial charge in [-0.3, -0.25) is 4.79 Å². The first-order chi connectivity index (χ1) is 8.50. The van der Waals surface area contributed by atoms with Gasteiger partial charge in [-0.1, -0.05) is 23.8 Å². The van der Waals surface area contributed by atoms with Gasteiger partial charge in [-0.05, 0) is 31.0 Å². The van der Waals surface area contributed by atoms with E-state index in [9.17, 15) is 9.18 Å². The number of amides is 1. The molecule has 6 heteroatoms. The van der Waals surface area contributed by atoms with Crippen LogP contribution in [0, 0.1) is 5.82 Å². The maximum Gasteiger partial charge on any atom is 0.254 e. The smallest absolute Gasteiger partial charge is 0.254 e. The van der Waals surface area contributed by atoms with E-state index in [2.05, 4.69) is 0 Å². The Labute approximate surface area is 115 Å². The number of hydrogen-bond donors (Lipinski definition) is 1. The van der Waals surface area contributed by atoms with Gasteiger partial charge in [0.05, 0.1) is 16.1 Å². The molecule has 18 heavy (non-hydrogen) atoms. The minimum atomic E-state index is -0.603. The number of halogens is 2. The van der Waals surface area contributed by atoms with Crippen LogP contribution in [0.25, 0.3) is 0 Å². The molecule has 0 spiro atoms. The average molecular weight is 287 g/mol. The predicted molar refractivity (Wildman–Crippen MR) is 72.3 cm³/mol. The van der Waals surface area contributed by atoms with Gasteiger partial charge < -0.3 is 10.6 Å². The normalized spacial score (nSPS) is 19.0. The SMILES string of the molecule is NC(=S)C1CCCN1C(=O)c1ccc(Cl)c(F)c1. The van der Waals surface area contributed by atoms with E-state index in [4.69, 9.17) is 29.6 Å². The summed E-state index contributed by atoms with van der Waals surface area (Å²) in [5, 5.41) is -0.00105. The van der Waals surface area contributed by atoms with Crippen LogP contribution in [-0.4, -0.2) is 28.4 Å². The van der Waals surface area contributed by atoms with Crippen molar-refractivity contribution in [2.75, 3.05) is 6.54 Å². The molecular weight excluding hydrogens is 275 g/mol. The molecule has 0 bridgehead atoms. The van der Waals surface area contributed by atoms with Crippen molar-refractivity contribution in [2.45, 2.75) is 18.9 Å². The van der Waals surface area contributed by atoms with Crippen LogP contribution in [0.3, 0.4) is 0 Å². The van der Waals surface area contributed by atoms with Crippen molar-refractivity contribution in [1.29, 1.82) is 0 Å². The van der Waals surface area contributed by atoms with Crippen molar-refractivity contribution in [3.8, 4) is 0 Å². The Hall–Kier alpha value is -1.20. The van der Waals surface area contributed by atoms with E-state index in [-0.39, 0.29) is 22.5 Å². The van der Waals surface area contributed by atoms with Gasteiger partial charge in [-0.2, -0.15) is 0 Å². The summed E-state index contributed by atoms with van der Waals surface area (Å²) in [4.78, 5) is 14.1. The van der Waals surface area contributed by atoms with Gasteiger partial charge >= 0.3 is 0 Å². The molecule has 1 atom stereocenters. The number of hydrogen-bond acceptors (Lipinski definition) is 2. The number of carbonyl (C=O) groups excluding carboxylic acids is 1. The van der Waals surface area contributed by atoms with Crippen LogP contribution in [0.2, 0.25) is 5.02 Å². The molecular formula is C12H12ClFN2OS. The molecule has 96 valence electrons. The molecule has 3 nitrogen and oxygen atoms in total. The van der Waals surface area contributed by atoms with Gasteiger partial charge in [0.2, 0.25) is 0 Å². The van der Waals surface area contributed by atoms with Crippen LogP contribution in [0.5, 0.6) is 0 Å². The highest BCUT2D eigenvalue weighted by Crippen LogP contribution is 2.22. The number of nitrogens with zero attached hydrogens (tertiary/aromatic N) is 1. The zero-order valence-corrected chi connectivity index (χ0v) is 11.1. The van der Waals surface area contributed by atoms with E-state index in [1.54, 1.807) is 4.90 Å². The van der Waals surface area contributed by atoms with Gasteiger partial charge in [-0.15, -0.1) is 0 Å². The zero-order valence-electron chi connectivity index (χ0n) is 9.53. The molecule has 0 saturated carbocycles. The first kappa shape index (κ1) is 13.2. The largest absolute Gasteiger partial charge is 0.392 e. The molecule has 1 fully saturated rings. The van der Waals surface area contributed by atoms with E-state index in [1.807, 2.05) is 0 Å². The third kappa shape index (κ3) is 2.47. The van der Waals surface area contributed by atoms with Gasteiger partial charge in [0.15, 0.2) is 0 Å². The van der Waals surface area contributed by atoms with Crippen molar-refractivity contribution >= 4 is 34.7 Å². The summed E-state index contributed by atoms with van der Waals surface area (Å²) in [5.41, 5.74) is 5.86. The molecule has 1 unspecified atom stereocenters. The van der Waals surface area contributed by atoms with Gasteiger partial charge in [-0.25, -0.2) is 4.39 Å². The summed E-state index contributed by atoms with van der Waals surface area (Å²) in [6.07, 6.45) is 1.61. The lowest BCUT2D eigenvalue weighted by atomic mass is 10.1. The lowest BCUT2D eigenvalue weighted by molar-refractivity contribution is 0.0770. The highest BCUT2D eigenvalue weighted by atomic mass is 35.5. The summed E-state index contributed by atoms with van der Waals surface area (Å²) in [7, 11) is 0. The molecule has 1 aliphatic rings. The quantitative estimate of drug-likeness (QED) is 0.849. The second-order valence-electron chi connectivity index (χ2n) is 4.19. The first-order valence-electron chi connectivity index (χ1n) is 5.56. The molecule has 1 amide bonds. The maximum atomic E-state index is 13.3. The summed E-state index contributed by atoms with van der Waals surface area (Å²) in [6, 6.07) is 3.78. The second-order valence-corrected chi connectivity index (χ2v) is 5.07. The molecule has 1 aromatic carbocycles. The Morgan fingerprint density at radius 1 is 1.56 bits per heavy atom. The average Bonchev–Trinajstić information content (AvgIpc) is 2.81. The summed E-state index contributed by atoms with van der Waals surface area (Å²) < 4.78 is 13.3. The molecule has 0 aliphatic carbocycles. The number of likely N-dealkylation sites (tertiary alicyclic amines) is 1. The van der Waals surface area contributed by atoms with E-state index >= 15 is 0 Å². The van der Waals surface area contributed by atoms with Crippen LogP contribution in [0.15, 0.2) is 18.2 Å². The van der Waals surface area contributed by atoms with Gasteiger partial charge in [0, 0.05) is 12.1 Å². The summed E-state index contributed by atoms with van der Waals surface area (Å²) >= 11 is 10.5. The van der Waals surface area contributed by atoms with Crippen LogP contribution in [0.1, 0.15) is 23.2 Å². The molecule has 2 N–H and O–H groups in total. The predicted octanol–water partition coefficient (Wildman–Crippen LogP) is 2.37. The highest BCUT2D eigenvalue weighted by Gasteiger charge is 2.31. The molecule has 1 aliphatic heterocycles. The van der Waals surface area contributed by atoms with Crippen LogP contribution >= 0.6 is 23.8 Å². The minimum absolute atomic E-state index is 0.00105. The van der Waals surface area contributed by atoms with Crippen molar-refractivity contribution in [3.05, 3.63) is 34.6 Å². The highest BCUT2D eigenvalue weighted by molar-refractivity contribution is 7.80. The molecule has 1 saturated heterocycles. The number of benzene rings is 1. The Morgan fingerprint density at radius 2 is 2.28 bits per heavy atom. The van der Waals surface area contributed by atoms with E-state index in [0.29, 0.717) is 11.5 Å². The Bertz CT molecular complexity index is 509. The van der Waals surface area contributed by atoms with Gasteiger partial charge in [0.25, 0.3) is 5.91 Å². The standard InChI is InChI=1S/C12H12ClFN2OS/c13-8-4-3-7(6-9(8)14)12(17)16-5-1-2-10(16)11(15)18/h3-4,6,10H,1-2,5H2,(H2,15,18). The molecule has 0 aromatic heterocycles. The van der Waals surface area contributed by atoms with E-state index < -0.39 is 5.82 Å². The van der Waals surface area contributed by atoms with Crippen molar-refractivity contribution in [3.63, 3.8) is 0 Å². The minimum Gasteiger partial charge on any atom is -0.392 e. The van der Waals surface area contributed by atoms with Crippen molar-refractivity contribution in [1.82, 2.24) is 4.90 Å². The van der Waals surface area contributed by atoms with E-state index in [1.165, 1.54) is 12.1 Å². The third-order valence-corrected chi connectivity index (χ3v) is 3.59. The first-order valence-corrected chi connectivity index (χ1v) is 6.34. The fraction of sp³-hybridized carbons (Fsp3) is 0.333. The number of carbonyl (C=O) groups is 1. The zero-order chi connectivity index (χ0) is 13.3. The van der Waals surface area contributed by atoms with Crippen molar-refractivity contribution < 1.29 is 9.18 Å². The van der Waals surface area contributed by atoms with Gasteiger partial charge in [0.1, 0.15) is 5.82 Å². The summed E-state index contributed by atoms with van der Waals surface area (Å²) in [5.74, 6) is -0.866. The molecule has 0 radical (unpaired) electrons. The number of nitrogens with two attached hydrogens (primary N) is 1. The Kier molecular flexibility index (Phi) is 3.82. The number of rotatable bonds is 2. The monoisotopic (exact) mass is 286 g/mol. The Morgan fingerprint density at radius 3 is 2.89 bits per heavy atom. The summed E-state index contributed by atoms with van der Waals surface area (Å²) in [6.45, 7) is 0.588. The maximum absolute atomic E-state index is 13.3. The lowest BCUT2D eigenvalue weighted by Gasteiger charge is -2.23. The topological polar surface area (TPSA) is 46.3 Å². The fourth-order valence-corrected chi connectivity index (χ4v) is 2.46. The van der Waals surface area contributed by atoms with E-state index in [0.717, 1.165) is 18.9 Å². The molecule has 2 rings (SSSR count). The Balaban J connectivity index is 2.25. The molecule has 1 heterocycles. The second kappa shape index (κ2) is 5.20. The van der Waals surface area contributed by atoms with Crippen molar-refractivity contribution in [2.24, 2.45) is 5.73 Å². The molecule has 1 aromatic rings. The lowest BCUT2D eigenvalue weighted by Crippen LogP contribution is -2.42.